The summed E-state index contributed by atoms with van der Waals surface area (Å²) in [5.74, 6) is 0.746. The van der Waals surface area contributed by atoms with Gasteiger partial charge in [0, 0.05) is 17.7 Å². The SMILES string of the molecule is Nc1c2c(nn1C(=O)CC1CCCc3[nH]c(Cl)cc31)CCCC2. The Morgan fingerprint density at radius 2 is 2.17 bits per heavy atom. The number of halogens is 1. The fraction of sp³-hybridized carbons (Fsp3) is 0.529. The van der Waals surface area contributed by atoms with Crippen molar-refractivity contribution in [3.05, 3.63) is 33.7 Å². The Morgan fingerprint density at radius 3 is 3.00 bits per heavy atom. The number of hydrogen-bond donors (Lipinski definition) is 2. The van der Waals surface area contributed by atoms with Crippen molar-refractivity contribution in [2.45, 2.75) is 57.3 Å². The van der Waals surface area contributed by atoms with Crippen LogP contribution >= 0.6 is 11.6 Å². The Morgan fingerprint density at radius 1 is 1.35 bits per heavy atom. The lowest BCUT2D eigenvalue weighted by atomic mass is 9.84. The van der Waals surface area contributed by atoms with Crippen LogP contribution in [0.1, 0.15) is 65.3 Å². The van der Waals surface area contributed by atoms with E-state index in [1.165, 1.54) is 15.9 Å². The molecule has 122 valence electrons. The van der Waals surface area contributed by atoms with Gasteiger partial charge in [0.05, 0.1) is 5.69 Å². The molecule has 0 spiro atoms. The Hall–Kier alpha value is -1.75. The summed E-state index contributed by atoms with van der Waals surface area (Å²) in [5.41, 5.74) is 10.6. The number of fused-ring (bicyclic) bond motifs is 2. The van der Waals surface area contributed by atoms with E-state index < -0.39 is 0 Å². The predicted octanol–water partition coefficient (Wildman–Crippen LogP) is 3.48. The average molecular weight is 333 g/mol. The van der Waals surface area contributed by atoms with Crippen LogP contribution in [0, 0.1) is 0 Å². The normalized spacial score (nSPS) is 20.1. The summed E-state index contributed by atoms with van der Waals surface area (Å²) in [4.78, 5) is 15.9. The fourth-order valence-electron chi connectivity index (χ4n) is 4.01. The van der Waals surface area contributed by atoms with Crippen molar-refractivity contribution in [2.75, 3.05) is 5.73 Å². The van der Waals surface area contributed by atoms with E-state index in [-0.39, 0.29) is 11.8 Å². The van der Waals surface area contributed by atoms with Crippen LogP contribution in [0.15, 0.2) is 6.07 Å². The first kappa shape index (κ1) is 14.8. The zero-order valence-corrected chi connectivity index (χ0v) is 13.8. The lowest BCUT2D eigenvalue weighted by molar-refractivity contribution is 0.0876. The lowest BCUT2D eigenvalue weighted by Crippen LogP contribution is -2.20. The average Bonchev–Trinajstić information content (AvgIpc) is 3.08. The molecule has 0 aromatic carbocycles. The van der Waals surface area contributed by atoms with Gasteiger partial charge in [-0.3, -0.25) is 4.79 Å². The molecule has 2 aliphatic carbocycles. The van der Waals surface area contributed by atoms with Crippen molar-refractivity contribution in [3.8, 4) is 0 Å². The molecule has 0 radical (unpaired) electrons. The minimum Gasteiger partial charge on any atom is -0.383 e. The largest absolute Gasteiger partial charge is 0.383 e. The molecule has 0 fully saturated rings. The summed E-state index contributed by atoms with van der Waals surface area (Å²) in [6.07, 6.45) is 7.66. The van der Waals surface area contributed by atoms with Crippen molar-refractivity contribution >= 4 is 23.3 Å². The number of carbonyl (C=O) groups is 1. The first-order chi connectivity index (χ1) is 11.1. The number of aromatic amines is 1. The minimum atomic E-state index is -0.00734. The summed E-state index contributed by atoms with van der Waals surface area (Å²) in [5, 5.41) is 5.14. The van der Waals surface area contributed by atoms with Crippen LogP contribution in [0.4, 0.5) is 5.82 Å². The highest BCUT2D eigenvalue weighted by atomic mass is 35.5. The van der Waals surface area contributed by atoms with Gasteiger partial charge in [-0.25, -0.2) is 0 Å². The molecule has 6 heteroatoms. The number of hydrogen-bond acceptors (Lipinski definition) is 3. The van der Waals surface area contributed by atoms with Crippen LogP contribution in [0.3, 0.4) is 0 Å². The smallest absolute Gasteiger partial charge is 0.249 e. The molecule has 5 nitrogen and oxygen atoms in total. The molecule has 4 rings (SSSR count). The summed E-state index contributed by atoms with van der Waals surface area (Å²) in [6, 6.07) is 1.96. The molecule has 2 aromatic rings. The maximum atomic E-state index is 12.7. The third-order valence-corrected chi connectivity index (χ3v) is 5.38. The van der Waals surface area contributed by atoms with Crippen LogP contribution in [0.25, 0.3) is 0 Å². The van der Waals surface area contributed by atoms with Gasteiger partial charge in [0.2, 0.25) is 5.91 Å². The number of anilines is 1. The molecule has 0 aliphatic heterocycles. The molecule has 0 saturated carbocycles. The van der Waals surface area contributed by atoms with Crippen LogP contribution in [-0.4, -0.2) is 20.7 Å². The molecule has 1 atom stereocenters. The first-order valence-corrected chi connectivity index (χ1v) is 8.78. The molecule has 2 heterocycles. The quantitative estimate of drug-likeness (QED) is 0.884. The summed E-state index contributed by atoms with van der Waals surface area (Å²) in [6.45, 7) is 0. The fourth-order valence-corrected chi connectivity index (χ4v) is 4.24. The highest BCUT2D eigenvalue weighted by molar-refractivity contribution is 6.29. The zero-order valence-electron chi connectivity index (χ0n) is 13.1. The molecule has 23 heavy (non-hydrogen) atoms. The van der Waals surface area contributed by atoms with Gasteiger partial charge in [-0.1, -0.05) is 11.6 Å². The topological polar surface area (TPSA) is 76.7 Å². The van der Waals surface area contributed by atoms with E-state index in [1.54, 1.807) is 0 Å². The summed E-state index contributed by atoms with van der Waals surface area (Å²) in [7, 11) is 0. The molecule has 0 bridgehead atoms. The third kappa shape index (κ3) is 2.57. The van der Waals surface area contributed by atoms with Gasteiger partial charge >= 0.3 is 0 Å². The Kier molecular flexibility index (Phi) is 3.68. The number of nitrogens with zero attached hydrogens (tertiary/aromatic N) is 2. The molecule has 0 amide bonds. The van der Waals surface area contributed by atoms with Crippen molar-refractivity contribution in [1.82, 2.24) is 14.8 Å². The van der Waals surface area contributed by atoms with Crippen molar-refractivity contribution < 1.29 is 4.79 Å². The number of H-pyrrole nitrogens is 1. The Balaban J connectivity index is 1.58. The number of aryl methyl sites for hydroxylation is 2. The van der Waals surface area contributed by atoms with Gasteiger partial charge in [0.25, 0.3) is 0 Å². The van der Waals surface area contributed by atoms with E-state index in [0.717, 1.165) is 56.2 Å². The number of nitrogen functional groups attached to an aromatic ring is 1. The Labute approximate surface area is 140 Å². The lowest BCUT2D eigenvalue weighted by Gasteiger charge is -2.21. The van der Waals surface area contributed by atoms with E-state index in [0.29, 0.717) is 17.4 Å². The van der Waals surface area contributed by atoms with E-state index in [9.17, 15) is 4.79 Å². The second-order valence-corrected chi connectivity index (χ2v) is 7.07. The number of nitrogens with one attached hydrogen (secondary N) is 1. The van der Waals surface area contributed by atoms with E-state index in [1.807, 2.05) is 6.07 Å². The molecule has 2 aliphatic rings. The van der Waals surface area contributed by atoms with E-state index in [4.69, 9.17) is 17.3 Å². The molecule has 3 N–H and O–H groups in total. The molecular weight excluding hydrogens is 312 g/mol. The van der Waals surface area contributed by atoms with Gasteiger partial charge in [0.15, 0.2) is 0 Å². The molecule has 1 unspecified atom stereocenters. The monoisotopic (exact) mass is 332 g/mol. The van der Waals surface area contributed by atoms with E-state index in [2.05, 4.69) is 10.1 Å². The maximum absolute atomic E-state index is 12.7. The summed E-state index contributed by atoms with van der Waals surface area (Å²) < 4.78 is 1.44. The molecule has 0 saturated heterocycles. The minimum absolute atomic E-state index is 0.00734. The number of carbonyl (C=O) groups excluding carboxylic acids is 1. The van der Waals surface area contributed by atoms with Gasteiger partial charge in [-0.15, -0.1) is 0 Å². The zero-order chi connectivity index (χ0) is 16.0. The van der Waals surface area contributed by atoms with Crippen molar-refractivity contribution in [1.29, 1.82) is 0 Å². The molecule has 2 aromatic heterocycles. The second kappa shape index (κ2) is 5.71. The third-order valence-electron chi connectivity index (χ3n) is 5.17. The van der Waals surface area contributed by atoms with Crippen LogP contribution in [-0.2, 0) is 19.3 Å². The van der Waals surface area contributed by atoms with Crippen LogP contribution in [0.5, 0.6) is 0 Å². The summed E-state index contributed by atoms with van der Waals surface area (Å²) >= 11 is 6.09. The maximum Gasteiger partial charge on any atom is 0.249 e. The highest BCUT2D eigenvalue weighted by Gasteiger charge is 2.27. The predicted molar refractivity (Wildman–Crippen MR) is 90.0 cm³/mol. The van der Waals surface area contributed by atoms with Crippen molar-refractivity contribution in [2.24, 2.45) is 0 Å². The van der Waals surface area contributed by atoms with Gasteiger partial charge < -0.3 is 10.7 Å². The number of rotatable bonds is 2. The molecular formula is C17H21ClN4O. The second-order valence-electron chi connectivity index (χ2n) is 6.67. The highest BCUT2D eigenvalue weighted by Crippen LogP contribution is 2.36. The standard InChI is InChI=1S/C17H21ClN4O/c18-15-9-12-10(4-3-7-13(12)20-15)8-16(23)22-17(19)11-5-1-2-6-14(11)21-22/h9-10,20H,1-8,19H2. The number of nitrogens with two attached hydrogens (primary N) is 1. The Bertz CT molecular complexity index is 761. The van der Waals surface area contributed by atoms with Gasteiger partial charge in [0.1, 0.15) is 11.0 Å². The first-order valence-electron chi connectivity index (χ1n) is 8.40. The van der Waals surface area contributed by atoms with E-state index >= 15 is 0 Å². The van der Waals surface area contributed by atoms with Crippen LogP contribution < -0.4 is 5.73 Å². The van der Waals surface area contributed by atoms with Crippen LogP contribution in [0.2, 0.25) is 5.15 Å². The van der Waals surface area contributed by atoms with Crippen molar-refractivity contribution in [3.63, 3.8) is 0 Å². The van der Waals surface area contributed by atoms with Gasteiger partial charge in [-0.2, -0.15) is 9.78 Å². The number of aromatic nitrogens is 3. The van der Waals surface area contributed by atoms with Gasteiger partial charge in [-0.05, 0) is 62.5 Å².